The fourth-order valence-electron chi connectivity index (χ4n) is 1.54. The fourth-order valence-corrected chi connectivity index (χ4v) is 4.15. The number of methoxy groups -OCH3 is 1. The lowest BCUT2D eigenvalue weighted by Crippen LogP contribution is -2.24. The summed E-state index contributed by atoms with van der Waals surface area (Å²) in [6.45, 7) is 0.0995. The van der Waals surface area contributed by atoms with Crippen molar-refractivity contribution >= 4 is 43.3 Å². The van der Waals surface area contributed by atoms with E-state index in [1.54, 1.807) is 12.1 Å². The van der Waals surface area contributed by atoms with Crippen LogP contribution in [0.5, 0.6) is 0 Å². The summed E-state index contributed by atoms with van der Waals surface area (Å²) in [5.41, 5.74) is 1.87. The molecule has 0 spiro atoms. The Kier molecular flexibility index (Phi) is 5.09. The fraction of sp³-hybridized carbons (Fsp3) is 0.167. The predicted molar refractivity (Wildman–Crippen MR) is 81.6 cm³/mol. The standard InChI is InChI=1S/C12H11BrN2O4S2/c1-19-11(16)10-12(20-7-14-10)21(17,18)15-6-8-4-2-3-5-9(8)13/h2-5,7,15H,6H2,1H3. The number of halogens is 1. The Hall–Kier alpha value is -1.29. The molecule has 112 valence electrons. The zero-order valence-electron chi connectivity index (χ0n) is 10.9. The highest BCUT2D eigenvalue weighted by atomic mass is 79.9. The Balaban J connectivity index is 2.22. The second kappa shape index (κ2) is 6.65. The molecule has 0 aliphatic heterocycles. The normalized spacial score (nSPS) is 11.3. The van der Waals surface area contributed by atoms with Crippen molar-refractivity contribution in [3.8, 4) is 0 Å². The summed E-state index contributed by atoms with van der Waals surface area (Å²) in [5, 5.41) is 0. The van der Waals surface area contributed by atoms with Crippen LogP contribution >= 0.6 is 27.3 Å². The summed E-state index contributed by atoms with van der Waals surface area (Å²) in [5.74, 6) is -0.780. The number of carbonyl (C=O) groups is 1. The predicted octanol–water partition coefficient (Wildman–Crippen LogP) is 2.17. The van der Waals surface area contributed by atoms with E-state index in [2.05, 4.69) is 30.4 Å². The quantitative estimate of drug-likeness (QED) is 0.790. The van der Waals surface area contributed by atoms with Gasteiger partial charge in [0.25, 0.3) is 10.0 Å². The van der Waals surface area contributed by atoms with Gasteiger partial charge in [0.1, 0.15) is 0 Å². The smallest absolute Gasteiger partial charge is 0.358 e. The molecule has 1 heterocycles. The van der Waals surface area contributed by atoms with Gasteiger partial charge < -0.3 is 4.74 Å². The summed E-state index contributed by atoms with van der Waals surface area (Å²) < 4.78 is 32.1. The Morgan fingerprint density at radius 3 is 2.81 bits per heavy atom. The maximum absolute atomic E-state index is 12.3. The van der Waals surface area contributed by atoms with Gasteiger partial charge in [-0.15, -0.1) is 11.3 Å². The number of rotatable bonds is 5. The van der Waals surface area contributed by atoms with Crippen LogP contribution in [-0.2, 0) is 21.3 Å². The van der Waals surface area contributed by atoms with Crippen LogP contribution in [0.15, 0.2) is 38.5 Å². The van der Waals surface area contributed by atoms with Gasteiger partial charge >= 0.3 is 5.97 Å². The first-order valence-electron chi connectivity index (χ1n) is 5.70. The molecule has 0 saturated carbocycles. The summed E-state index contributed by atoms with van der Waals surface area (Å²) in [6.07, 6.45) is 0. The maximum Gasteiger partial charge on any atom is 0.358 e. The lowest BCUT2D eigenvalue weighted by Gasteiger charge is -2.07. The third kappa shape index (κ3) is 3.67. The number of hydrogen-bond donors (Lipinski definition) is 1. The monoisotopic (exact) mass is 390 g/mol. The number of benzene rings is 1. The Morgan fingerprint density at radius 2 is 2.14 bits per heavy atom. The molecule has 1 aromatic heterocycles. The van der Waals surface area contributed by atoms with Gasteiger partial charge in [-0.2, -0.15) is 0 Å². The molecule has 1 aromatic carbocycles. The molecular weight excluding hydrogens is 380 g/mol. The zero-order chi connectivity index (χ0) is 15.5. The highest BCUT2D eigenvalue weighted by Gasteiger charge is 2.26. The van der Waals surface area contributed by atoms with E-state index >= 15 is 0 Å². The minimum absolute atomic E-state index is 0.0995. The second-order valence-electron chi connectivity index (χ2n) is 3.90. The van der Waals surface area contributed by atoms with Gasteiger partial charge in [-0.25, -0.2) is 22.9 Å². The van der Waals surface area contributed by atoms with Gasteiger partial charge in [-0.3, -0.25) is 0 Å². The number of thiazole rings is 1. The van der Waals surface area contributed by atoms with Gasteiger partial charge in [-0.05, 0) is 11.6 Å². The average Bonchev–Trinajstić information content (AvgIpc) is 2.96. The van der Waals surface area contributed by atoms with Gasteiger partial charge in [-0.1, -0.05) is 34.1 Å². The molecule has 0 saturated heterocycles. The number of nitrogens with one attached hydrogen (secondary N) is 1. The minimum atomic E-state index is -3.83. The average molecular weight is 391 g/mol. The molecule has 0 amide bonds. The number of nitrogens with zero attached hydrogens (tertiary/aromatic N) is 1. The number of sulfonamides is 1. The first-order valence-corrected chi connectivity index (χ1v) is 8.86. The lowest BCUT2D eigenvalue weighted by molar-refractivity contribution is 0.0590. The lowest BCUT2D eigenvalue weighted by atomic mass is 10.2. The van der Waals surface area contributed by atoms with E-state index in [9.17, 15) is 13.2 Å². The van der Waals surface area contributed by atoms with Crippen molar-refractivity contribution in [1.29, 1.82) is 0 Å². The SMILES string of the molecule is COC(=O)c1ncsc1S(=O)(=O)NCc1ccccc1Br. The van der Waals surface area contributed by atoms with Crippen molar-refractivity contribution < 1.29 is 17.9 Å². The van der Waals surface area contributed by atoms with E-state index in [-0.39, 0.29) is 16.4 Å². The van der Waals surface area contributed by atoms with Crippen LogP contribution in [0.25, 0.3) is 0 Å². The van der Waals surface area contributed by atoms with Crippen LogP contribution in [0.2, 0.25) is 0 Å². The molecule has 9 heteroatoms. The topological polar surface area (TPSA) is 85.4 Å². The van der Waals surface area contributed by atoms with Crippen LogP contribution in [0.1, 0.15) is 16.1 Å². The summed E-state index contributed by atoms with van der Waals surface area (Å²) in [4.78, 5) is 15.2. The van der Waals surface area contributed by atoms with Crippen molar-refractivity contribution in [2.75, 3.05) is 7.11 Å². The van der Waals surface area contributed by atoms with Crippen molar-refractivity contribution in [3.63, 3.8) is 0 Å². The van der Waals surface area contributed by atoms with E-state index < -0.39 is 16.0 Å². The Bertz CT molecular complexity index is 758. The van der Waals surface area contributed by atoms with Crippen molar-refractivity contribution in [2.45, 2.75) is 10.8 Å². The van der Waals surface area contributed by atoms with Crippen LogP contribution in [0, 0.1) is 0 Å². The van der Waals surface area contributed by atoms with Crippen molar-refractivity contribution in [2.24, 2.45) is 0 Å². The first-order chi connectivity index (χ1) is 9.95. The summed E-state index contributed by atoms with van der Waals surface area (Å²) in [7, 11) is -2.66. The third-order valence-electron chi connectivity index (χ3n) is 2.57. The Labute approximate surface area is 134 Å². The molecule has 21 heavy (non-hydrogen) atoms. The number of aromatic nitrogens is 1. The highest BCUT2D eigenvalue weighted by molar-refractivity contribution is 9.10. The largest absolute Gasteiger partial charge is 0.464 e. The summed E-state index contributed by atoms with van der Waals surface area (Å²) >= 11 is 4.21. The molecule has 0 aliphatic rings. The number of ether oxygens (including phenoxy) is 1. The van der Waals surface area contributed by atoms with Gasteiger partial charge in [0, 0.05) is 11.0 Å². The van der Waals surface area contributed by atoms with E-state index in [1.165, 1.54) is 12.6 Å². The van der Waals surface area contributed by atoms with E-state index in [0.717, 1.165) is 21.4 Å². The number of esters is 1. The van der Waals surface area contributed by atoms with Crippen LogP contribution in [0.4, 0.5) is 0 Å². The molecule has 0 radical (unpaired) electrons. The number of carbonyl (C=O) groups excluding carboxylic acids is 1. The summed E-state index contributed by atoms with van der Waals surface area (Å²) in [6, 6.07) is 7.25. The molecule has 0 unspecified atom stereocenters. The molecule has 2 aromatic rings. The first kappa shape index (κ1) is 16.1. The van der Waals surface area contributed by atoms with Crippen LogP contribution in [-0.4, -0.2) is 26.5 Å². The zero-order valence-corrected chi connectivity index (χ0v) is 14.1. The van der Waals surface area contributed by atoms with Crippen molar-refractivity contribution in [3.05, 3.63) is 45.5 Å². The van der Waals surface area contributed by atoms with Crippen LogP contribution < -0.4 is 4.72 Å². The second-order valence-corrected chi connectivity index (χ2v) is 7.57. The Morgan fingerprint density at radius 1 is 1.43 bits per heavy atom. The molecule has 6 nitrogen and oxygen atoms in total. The molecular formula is C12H11BrN2O4S2. The van der Waals surface area contributed by atoms with E-state index in [0.29, 0.717) is 0 Å². The van der Waals surface area contributed by atoms with Gasteiger partial charge in [0.2, 0.25) is 0 Å². The van der Waals surface area contributed by atoms with Gasteiger partial charge in [0.15, 0.2) is 9.90 Å². The van der Waals surface area contributed by atoms with Gasteiger partial charge in [0.05, 0.1) is 12.6 Å². The minimum Gasteiger partial charge on any atom is -0.464 e. The number of hydrogen-bond acceptors (Lipinski definition) is 6. The van der Waals surface area contributed by atoms with E-state index in [4.69, 9.17) is 0 Å². The van der Waals surface area contributed by atoms with Crippen molar-refractivity contribution in [1.82, 2.24) is 9.71 Å². The molecule has 0 aliphatic carbocycles. The maximum atomic E-state index is 12.3. The molecule has 2 rings (SSSR count). The van der Waals surface area contributed by atoms with E-state index in [1.807, 2.05) is 12.1 Å². The molecule has 1 N–H and O–H groups in total. The molecule has 0 atom stereocenters. The van der Waals surface area contributed by atoms with Crippen LogP contribution in [0.3, 0.4) is 0 Å². The highest BCUT2D eigenvalue weighted by Crippen LogP contribution is 2.22. The molecule has 0 fully saturated rings. The third-order valence-corrected chi connectivity index (χ3v) is 6.11. The molecule has 0 bridgehead atoms.